The van der Waals surface area contributed by atoms with Crippen molar-refractivity contribution >= 4 is 47.3 Å². The molecule has 0 fully saturated rings. The van der Waals surface area contributed by atoms with Gasteiger partial charge in [-0.15, -0.1) is 11.3 Å². The Bertz CT molecular complexity index is 937. The zero-order valence-corrected chi connectivity index (χ0v) is 17.1. The maximum absolute atomic E-state index is 12.7. The maximum atomic E-state index is 12.7. The van der Waals surface area contributed by atoms with Crippen LogP contribution in [-0.4, -0.2) is 48.6 Å². The van der Waals surface area contributed by atoms with Gasteiger partial charge in [-0.1, -0.05) is 17.8 Å². The number of aromatic hydroxyl groups is 1. The average Bonchev–Trinajstić information content (AvgIpc) is 3.05. The summed E-state index contributed by atoms with van der Waals surface area (Å²) in [4.78, 5) is 29.0. The molecule has 2 aromatic rings. The second-order valence-corrected chi connectivity index (χ2v) is 8.60. The van der Waals surface area contributed by atoms with Crippen molar-refractivity contribution < 1.29 is 28.9 Å². The lowest BCUT2D eigenvalue weighted by molar-refractivity contribution is -0.151. The van der Waals surface area contributed by atoms with Gasteiger partial charge in [0.1, 0.15) is 5.25 Å². The molecule has 1 aliphatic heterocycles. The number of H-pyrrole nitrogens is 1. The van der Waals surface area contributed by atoms with E-state index >= 15 is 0 Å². The molecule has 2 heterocycles. The minimum Gasteiger partial charge on any atom is -0.504 e. The van der Waals surface area contributed by atoms with Crippen molar-refractivity contribution in [3.63, 3.8) is 0 Å². The van der Waals surface area contributed by atoms with Gasteiger partial charge in [0.25, 0.3) is 0 Å². The quantitative estimate of drug-likeness (QED) is 0.567. The molecule has 3 unspecified atom stereocenters. The number of fused-ring (bicyclic) bond motifs is 1. The van der Waals surface area contributed by atoms with E-state index in [0.29, 0.717) is 9.52 Å². The van der Waals surface area contributed by atoms with E-state index in [1.165, 1.54) is 50.5 Å². The molecule has 0 bridgehead atoms. The van der Waals surface area contributed by atoms with E-state index in [1.807, 2.05) is 0 Å². The van der Waals surface area contributed by atoms with Gasteiger partial charge in [0, 0.05) is 10.8 Å². The standard InChI is InChI=1S/C17H17NO6S3/c1-22-9-6-7(4-5-8(9)19)10-11(15(20)23-2)13(16(21)24-3)26-14-12(10)27-17(25)18-14/h4-6,10-11,13,19H,1-3H3,(H,18,25). The Balaban J connectivity index is 2.23. The van der Waals surface area contributed by atoms with Gasteiger partial charge in [0.15, 0.2) is 15.5 Å². The summed E-state index contributed by atoms with van der Waals surface area (Å²) < 4.78 is 15.7. The summed E-state index contributed by atoms with van der Waals surface area (Å²) in [7, 11) is 4.00. The van der Waals surface area contributed by atoms with Crippen molar-refractivity contribution in [2.75, 3.05) is 21.3 Å². The largest absolute Gasteiger partial charge is 0.504 e. The van der Waals surface area contributed by atoms with Gasteiger partial charge in [-0.25, -0.2) is 0 Å². The number of phenols is 1. The molecule has 3 rings (SSSR count). The minimum atomic E-state index is -0.823. The topological polar surface area (TPSA) is 97.9 Å². The van der Waals surface area contributed by atoms with E-state index in [0.717, 1.165) is 9.90 Å². The number of esters is 2. The summed E-state index contributed by atoms with van der Waals surface area (Å²) in [6, 6.07) is 4.82. The Morgan fingerprint density at radius 2 is 1.89 bits per heavy atom. The molecule has 0 spiro atoms. The number of carbonyl (C=O) groups is 2. The molecule has 144 valence electrons. The van der Waals surface area contributed by atoms with Crippen LogP contribution in [0.4, 0.5) is 0 Å². The second kappa shape index (κ2) is 7.91. The first-order valence-electron chi connectivity index (χ1n) is 7.83. The van der Waals surface area contributed by atoms with E-state index in [1.54, 1.807) is 12.1 Å². The first-order valence-corrected chi connectivity index (χ1v) is 9.93. The highest BCUT2D eigenvalue weighted by atomic mass is 32.2. The Labute approximate surface area is 168 Å². The third-order valence-corrected chi connectivity index (χ3v) is 7.07. The van der Waals surface area contributed by atoms with Crippen LogP contribution in [-0.2, 0) is 19.1 Å². The fourth-order valence-electron chi connectivity index (χ4n) is 3.11. The van der Waals surface area contributed by atoms with Gasteiger partial charge in [-0.05, 0) is 29.9 Å². The number of thioether (sulfide) groups is 1. The average molecular weight is 428 g/mol. The van der Waals surface area contributed by atoms with Crippen molar-refractivity contribution in [3.05, 3.63) is 32.6 Å². The fraction of sp³-hybridized carbons (Fsp3) is 0.353. The Morgan fingerprint density at radius 3 is 2.52 bits per heavy atom. The highest BCUT2D eigenvalue weighted by Gasteiger charge is 2.48. The molecule has 27 heavy (non-hydrogen) atoms. The molecular formula is C17H17NO6S3. The molecule has 1 aromatic carbocycles. The lowest BCUT2D eigenvalue weighted by atomic mass is 9.82. The van der Waals surface area contributed by atoms with Crippen LogP contribution in [0.25, 0.3) is 0 Å². The number of benzene rings is 1. The van der Waals surface area contributed by atoms with Crippen molar-refractivity contribution in [3.8, 4) is 11.5 Å². The number of aromatic amines is 1. The SMILES string of the molecule is COC(=O)C1Sc2[nH]c(=S)sc2C(c2ccc(O)c(OC)c2)C1C(=O)OC. The van der Waals surface area contributed by atoms with Crippen LogP contribution in [0.1, 0.15) is 16.4 Å². The number of hydrogen-bond donors (Lipinski definition) is 2. The van der Waals surface area contributed by atoms with Crippen LogP contribution in [0.15, 0.2) is 23.2 Å². The summed E-state index contributed by atoms with van der Waals surface area (Å²) in [6.45, 7) is 0. The minimum absolute atomic E-state index is 0.0208. The van der Waals surface area contributed by atoms with Gasteiger partial charge in [-0.3, -0.25) is 9.59 Å². The summed E-state index contributed by atoms with van der Waals surface area (Å²) in [5.74, 6) is -2.14. The monoisotopic (exact) mass is 427 g/mol. The molecule has 1 aromatic heterocycles. The van der Waals surface area contributed by atoms with E-state index in [9.17, 15) is 14.7 Å². The predicted molar refractivity (Wildman–Crippen MR) is 103 cm³/mol. The number of carbonyl (C=O) groups excluding carboxylic acids is 2. The molecule has 0 saturated carbocycles. The van der Waals surface area contributed by atoms with E-state index in [2.05, 4.69) is 4.98 Å². The van der Waals surface area contributed by atoms with Crippen molar-refractivity contribution in [1.82, 2.24) is 4.98 Å². The number of phenolic OH excluding ortho intramolecular Hbond substituents is 1. The number of nitrogens with one attached hydrogen (secondary N) is 1. The normalized spacial score (nSPS) is 21.2. The third kappa shape index (κ3) is 3.56. The molecular weight excluding hydrogens is 410 g/mol. The third-order valence-electron chi connectivity index (χ3n) is 4.32. The molecule has 0 aliphatic carbocycles. The summed E-state index contributed by atoms with van der Waals surface area (Å²) in [6.07, 6.45) is 0. The fourth-order valence-corrected chi connectivity index (χ4v) is 6.05. The van der Waals surface area contributed by atoms with Crippen molar-refractivity contribution in [1.29, 1.82) is 0 Å². The number of methoxy groups -OCH3 is 3. The zero-order chi connectivity index (χ0) is 19.7. The van der Waals surface area contributed by atoms with E-state index < -0.39 is 29.0 Å². The molecule has 10 heteroatoms. The first kappa shape index (κ1) is 19.7. The molecule has 0 amide bonds. The summed E-state index contributed by atoms with van der Waals surface area (Å²) in [5, 5.41) is 9.83. The second-order valence-electron chi connectivity index (χ2n) is 5.73. The van der Waals surface area contributed by atoms with Gasteiger partial charge in [0.2, 0.25) is 0 Å². The molecule has 3 atom stereocenters. The number of rotatable bonds is 4. The maximum Gasteiger partial charge on any atom is 0.320 e. The van der Waals surface area contributed by atoms with Crippen molar-refractivity contribution in [2.24, 2.45) is 5.92 Å². The smallest absolute Gasteiger partial charge is 0.320 e. The van der Waals surface area contributed by atoms with Gasteiger partial charge in [0.05, 0.1) is 32.3 Å². The molecule has 2 N–H and O–H groups in total. The molecule has 0 radical (unpaired) electrons. The highest BCUT2D eigenvalue weighted by molar-refractivity contribution is 8.00. The first-order chi connectivity index (χ1) is 12.9. The lowest BCUT2D eigenvalue weighted by Gasteiger charge is -2.34. The number of thiazole rings is 1. The summed E-state index contributed by atoms with van der Waals surface area (Å²) >= 11 is 7.82. The molecule has 7 nitrogen and oxygen atoms in total. The highest BCUT2D eigenvalue weighted by Crippen LogP contribution is 2.51. The zero-order valence-electron chi connectivity index (χ0n) is 14.7. The van der Waals surface area contributed by atoms with Crippen molar-refractivity contribution in [2.45, 2.75) is 16.2 Å². The van der Waals surface area contributed by atoms with Crippen LogP contribution < -0.4 is 4.74 Å². The van der Waals surface area contributed by atoms with E-state index in [-0.39, 0.29) is 11.5 Å². The van der Waals surface area contributed by atoms with Crippen LogP contribution in [0.2, 0.25) is 0 Å². The number of aromatic nitrogens is 1. The van der Waals surface area contributed by atoms with Gasteiger partial charge >= 0.3 is 11.9 Å². The Morgan fingerprint density at radius 1 is 1.19 bits per heavy atom. The Kier molecular flexibility index (Phi) is 5.78. The Hall–Kier alpha value is -2.04. The van der Waals surface area contributed by atoms with E-state index in [4.69, 9.17) is 26.4 Å². The lowest BCUT2D eigenvalue weighted by Crippen LogP contribution is -2.40. The van der Waals surface area contributed by atoms with Gasteiger partial charge < -0.3 is 24.3 Å². The van der Waals surface area contributed by atoms with Crippen LogP contribution in [0.3, 0.4) is 0 Å². The molecule has 0 saturated heterocycles. The van der Waals surface area contributed by atoms with Crippen LogP contribution in [0, 0.1) is 9.87 Å². The van der Waals surface area contributed by atoms with Crippen LogP contribution in [0.5, 0.6) is 11.5 Å². The number of ether oxygens (including phenoxy) is 3. The number of hydrogen-bond acceptors (Lipinski definition) is 9. The molecule has 1 aliphatic rings. The van der Waals surface area contributed by atoms with Crippen LogP contribution >= 0.6 is 35.3 Å². The summed E-state index contributed by atoms with van der Waals surface area (Å²) in [5.41, 5.74) is 0.695. The predicted octanol–water partition coefficient (Wildman–Crippen LogP) is 3.09. The van der Waals surface area contributed by atoms with Gasteiger partial charge in [-0.2, -0.15) is 0 Å².